The molecule has 114 valence electrons. The van der Waals surface area contributed by atoms with Crippen LogP contribution in [0.2, 0.25) is 0 Å². The highest BCUT2D eigenvalue weighted by molar-refractivity contribution is 6.06. The Kier molecular flexibility index (Phi) is 4.34. The van der Waals surface area contributed by atoms with Gasteiger partial charge in [0.2, 0.25) is 0 Å². The van der Waals surface area contributed by atoms with Crippen LogP contribution in [0.5, 0.6) is 0 Å². The smallest absolute Gasteiger partial charge is 0.260 e. The van der Waals surface area contributed by atoms with Gasteiger partial charge in [-0.3, -0.25) is 4.79 Å². The summed E-state index contributed by atoms with van der Waals surface area (Å²) in [5.41, 5.74) is 7.89. The maximum Gasteiger partial charge on any atom is 0.260 e. The van der Waals surface area contributed by atoms with E-state index < -0.39 is 5.91 Å². The van der Waals surface area contributed by atoms with Gasteiger partial charge >= 0.3 is 0 Å². The lowest BCUT2D eigenvalue weighted by molar-refractivity contribution is 0.100. The van der Waals surface area contributed by atoms with Crippen molar-refractivity contribution in [2.75, 3.05) is 38.1 Å². The maximum atomic E-state index is 11.7. The number of nitrogens with two attached hydrogens (primary N) is 1. The van der Waals surface area contributed by atoms with Gasteiger partial charge in [-0.1, -0.05) is 5.16 Å². The molecule has 0 radical (unpaired) electrons. The normalized spacial score (nSPS) is 16.0. The second-order valence-corrected chi connectivity index (χ2v) is 5.12. The number of amides is 1. The molecule has 0 aromatic carbocycles. The molecule has 3 heterocycles. The summed E-state index contributed by atoms with van der Waals surface area (Å²) in [5.74, 6) is -0.478. The van der Waals surface area contributed by atoms with Crippen molar-refractivity contribution in [1.29, 1.82) is 0 Å². The van der Waals surface area contributed by atoms with Crippen LogP contribution in [-0.2, 0) is 0 Å². The van der Waals surface area contributed by atoms with Gasteiger partial charge in [0.1, 0.15) is 0 Å². The van der Waals surface area contributed by atoms with Gasteiger partial charge in [-0.25, -0.2) is 4.98 Å². The highest BCUT2D eigenvalue weighted by Crippen LogP contribution is 2.32. The van der Waals surface area contributed by atoms with E-state index in [4.69, 9.17) is 10.3 Å². The minimum Gasteiger partial charge on any atom is -0.368 e. The number of rotatable bonds is 2. The van der Waals surface area contributed by atoms with Gasteiger partial charge in [0.05, 0.1) is 22.3 Å². The fraction of sp³-hybridized carbons (Fsp3) is 0.462. The summed E-state index contributed by atoms with van der Waals surface area (Å²) < 4.78 is 5.19. The van der Waals surface area contributed by atoms with E-state index >= 15 is 0 Å². The van der Waals surface area contributed by atoms with Gasteiger partial charge < -0.3 is 20.1 Å². The first kappa shape index (κ1) is 15.5. The molecule has 1 aliphatic rings. The quantitative estimate of drug-likeness (QED) is 0.882. The van der Waals surface area contributed by atoms with E-state index in [0.717, 1.165) is 42.9 Å². The Balaban J connectivity index is 0.00000161. The fourth-order valence-electron chi connectivity index (χ4n) is 2.58. The number of carbonyl (C=O) groups is 1. The molecule has 2 aromatic rings. The monoisotopic (exact) mass is 311 g/mol. The molecule has 21 heavy (non-hydrogen) atoms. The first-order valence-corrected chi connectivity index (χ1v) is 6.56. The van der Waals surface area contributed by atoms with Crippen LogP contribution in [-0.4, -0.2) is 54.2 Å². The summed E-state index contributed by atoms with van der Waals surface area (Å²) in [7, 11) is 2.08. The van der Waals surface area contributed by atoms with E-state index in [0.29, 0.717) is 11.3 Å². The van der Waals surface area contributed by atoms with Crippen LogP contribution in [0.4, 0.5) is 5.69 Å². The molecular formula is C13H18ClN5O2. The second-order valence-electron chi connectivity index (χ2n) is 5.12. The third-order valence-electron chi connectivity index (χ3n) is 3.73. The average Bonchev–Trinajstić information content (AvgIpc) is 2.80. The van der Waals surface area contributed by atoms with Crippen LogP contribution in [0.3, 0.4) is 0 Å². The van der Waals surface area contributed by atoms with E-state index in [9.17, 15) is 4.79 Å². The van der Waals surface area contributed by atoms with Crippen LogP contribution < -0.4 is 10.6 Å². The molecule has 1 aliphatic heterocycles. The molecule has 2 aromatic heterocycles. The van der Waals surface area contributed by atoms with Crippen molar-refractivity contribution in [3.8, 4) is 0 Å². The lowest BCUT2D eigenvalue weighted by atomic mass is 10.1. The van der Waals surface area contributed by atoms with Crippen LogP contribution in [0, 0.1) is 6.92 Å². The number of anilines is 1. The lowest BCUT2D eigenvalue weighted by Gasteiger charge is -2.35. The van der Waals surface area contributed by atoms with Crippen molar-refractivity contribution >= 4 is 35.1 Å². The Morgan fingerprint density at radius 3 is 2.62 bits per heavy atom. The predicted molar refractivity (Wildman–Crippen MR) is 82.0 cm³/mol. The molecule has 0 spiro atoms. The van der Waals surface area contributed by atoms with Crippen LogP contribution >= 0.6 is 12.4 Å². The Hall–Kier alpha value is -1.86. The molecule has 0 unspecified atom stereocenters. The highest BCUT2D eigenvalue weighted by Gasteiger charge is 2.25. The van der Waals surface area contributed by atoms with Crippen molar-refractivity contribution in [2.45, 2.75) is 6.92 Å². The third kappa shape index (κ3) is 2.66. The number of hydrogen-bond donors (Lipinski definition) is 1. The minimum absolute atomic E-state index is 0. The number of primary amides is 1. The largest absolute Gasteiger partial charge is 0.368 e. The number of hydrogen-bond acceptors (Lipinski definition) is 6. The van der Waals surface area contributed by atoms with Gasteiger partial charge in [0.15, 0.2) is 0 Å². The van der Waals surface area contributed by atoms with E-state index in [1.165, 1.54) is 6.20 Å². The number of halogens is 1. The topological polar surface area (TPSA) is 88.5 Å². The van der Waals surface area contributed by atoms with Crippen molar-refractivity contribution in [3.05, 3.63) is 17.5 Å². The Labute approximate surface area is 128 Å². The SMILES string of the molecule is Cc1noc2ncc(C(N)=O)c(N3CCN(C)CC3)c12.Cl. The van der Waals surface area contributed by atoms with E-state index in [-0.39, 0.29) is 12.4 Å². The van der Waals surface area contributed by atoms with Gasteiger partial charge in [-0.2, -0.15) is 0 Å². The Morgan fingerprint density at radius 1 is 1.33 bits per heavy atom. The summed E-state index contributed by atoms with van der Waals surface area (Å²) >= 11 is 0. The molecule has 0 atom stereocenters. The lowest BCUT2D eigenvalue weighted by Crippen LogP contribution is -2.45. The Bertz CT molecular complexity index is 664. The Morgan fingerprint density at radius 2 is 2.00 bits per heavy atom. The number of pyridine rings is 1. The number of fused-ring (bicyclic) bond motifs is 1. The van der Waals surface area contributed by atoms with Crippen molar-refractivity contribution in [2.24, 2.45) is 5.73 Å². The third-order valence-corrected chi connectivity index (χ3v) is 3.73. The zero-order valence-electron chi connectivity index (χ0n) is 12.0. The molecule has 1 fully saturated rings. The summed E-state index contributed by atoms with van der Waals surface area (Å²) in [6.45, 7) is 5.39. The molecule has 0 bridgehead atoms. The first-order valence-electron chi connectivity index (χ1n) is 6.56. The van der Waals surface area contributed by atoms with E-state index in [1.54, 1.807) is 0 Å². The van der Waals surface area contributed by atoms with Crippen molar-refractivity contribution < 1.29 is 9.32 Å². The predicted octanol–water partition coefficient (Wildman–Crippen LogP) is 0.804. The number of carbonyl (C=O) groups excluding carboxylic acids is 1. The summed E-state index contributed by atoms with van der Waals surface area (Å²) in [4.78, 5) is 20.2. The molecule has 7 nitrogen and oxygen atoms in total. The number of piperazine rings is 1. The summed E-state index contributed by atoms with van der Waals surface area (Å²) in [6.07, 6.45) is 1.48. The average molecular weight is 312 g/mol. The molecule has 2 N–H and O–H groups in total. The number of aromatic nitrogens is 2. The van der Waals surface area contributed by atoms with E-state index in [1.807, 2.05) is 6.92 Å². The van der Waals surface area contributed by atoms with Crippen LogP contribution in [0.15, 0.2) is 10.7 Å². The zero-order chi connectivity index (χ0) is 14.3. The zero-order valence-corrected chi connectivity index (χ0v) is 12.8. The molecule has 1 amide bonds. The second kappa shape index (κ2) is 5.87. The fourth-order valence-corrected chi connectivity index (χ4v) is 2.58. The van der Waals surface area contributed by atoms with Gasteiger partial charge in [0.25, 0.3) is 11.6 Å². The number of aryl methyl sites for hydroxylation is 1. The van der Waals surface area contributed by atoms with Crippen LogP contribution in [0.1, 0.15) is 16.1 Å². The molecule has 1 saturated heterocycles. The molecule has 0 aliphatic carbocycles. The number of likely N-dealkylation sites (N-methyl/N-ethyl adjacent to an activating group) is 1. The molecule has 0 saturated carbocycles. The number of nitrogens with zero attached hydrogens (tertiary/aromatic N) is 4. The first-order chi connectivity index (χ1) is 9.58. The highest BCUT2D eigenvalue weighted by atomic mass is 35.5. The molecular weight excluding hydrogens is 294 g/mol. The van der Waals surface area contributed by atoms with Gasteiger partial charge in [-0.15, -0.1) is 12.4 Å². The minimum atomic E-state index is -0.478. The van der Waals surface area contributed by atoms with Crippen LogP contribution in [0.25, 0.3) is 11.1 Å². The molecule has 8 heteroatoms. The standard InChI is InChI=1S/C13H17N5O2.ClH/c1-8-10-11(18-5-3-17(2)4-6-18)9(12(14)19)7-15-13(10)20-16-8;/h7H,3-6H2,1-2H3,(H2,14,19);1H. The summed E-state index contributed by atoms with van der Waals surface area (Å²) in [5, 5.41) is 4.72. The van der Waals surface area contributed by atoms with Crippen molar-refractivity contribution in [1.82, 2.24) is 15.0 Å². The van der Waals surface area contributed by atoms with Gasteiger partial charge in [0, 0.05) is 32.4 Å². The van der Waals surface area contributed by atoms with E-state index in [2.05, 4.69) is 27.0 Å². The summed E-state index contributed by atoms with van der Waals surface area (Å²) in [6, 6.07) is 0. The maximum absolute atomic E-state index is 11.7. The van der Waals surface area contributed by atoms with Gasteiger partial charge in [-0.05, 0) is 14.0 Å². The van der Waals surface area contributed by atoms with Crippen molar-refractivity contribution in [3.63, 3.8) is 0 Å². The molecule has 3 rings (SSSR count).